The van der Waals surface area contributed by atoms with Gasteiger partial charge >= 0.3 is 5.97 Å². The molecule has 0 atom stereocenters. The molecule has 0 unspecified atom stereocenters. The normalized spacial score (nSPS) is 11.1. The fourth-order valence-electron chi connectivity index (χ4n) is 1.65. The maximum absolute atomic E-state index is 12.1. The molecule has 0 amide bonds. The Morgan fingerprint density at radius 3 is 2.67 bits per heavy atom. The Bertz CT molecular complexity index is 760. The number of carboxylic acids is 1. The molecule has 110 valence electrons. The first-order chi connectivity index (χ1) is 9.87. The minimum Gasteiger partial charge on any atom is -0.481 e. The van der Waals surface area contributed by atoms with E-state index in [1.807, 2.05) is 0 Å². The number of benzene rings is 1. The van der Waals surface area contributed by atoms with Crippen LogP contribution in [0, 0.1) is 0 Å². The van der Waals surface area contributed by atoms with Crippen LogP contribution in [0.4, 0.5) is 5.69 Å². The van der Waals surface area contributed by atoms with Gasteiger partial charge in [0.25, 0.3) is 10.0 Å². The van der Waals surface area contributed by atoms with Crippen LogP contribution in [-0.2, 0) is 21.2 Å². The molecule has 0 aliphatic carbocycles. The molecule has 21 heavy (non-hydrogen) atoms. The number of aliphatic carboxylic acids is 1. The second-order valence-corrected chi connectivity index (χ2v) is 6.26. The zero-order valence-corrected chi connectivity index (χ0v) is 12.2. The molecule has 1 aromatic heterocycles. The van der Waals surface area contributed by atoms with Crippen molar-refractivity contribution in [3.8, 4) is 0 Å². The average molecular weight is 327 g/mol. The fourth-order valence-corrected chi connectivity index (χ4v) is 2.76. The van der Waals surface area contributed by atoms with Gasteiger partial charge in [0.15, 0.2) is 0 Å². The lowest BCUT2D eigenvalue weighted by molar-refractivity contribution is -0.136. The molecule has 1 aromatic carbocycles. The number of carbonyl (C=O) groups is 1. The highest BCUT2D eigenvalue weighted by Gasteiger charge is 2.15. The second-order valence-electron chi connectivity index (χ2n) is 4.19. The number of sulfonamides is 1. The molecule has 2 aromatic rings. The summed E-state index contributed by atoms with van der Waals surface area (Å²) in [6.07, 6.45) is 0.962. The number of carboxylic acid groups (broad SMARTS) is 1. The Labute approximate surface area is 126 Å². The van der Waals surface area contributed by atoms with Crippen molar-refractivity contribution >= 4 is 33.3 Å². The Kier molecular flexibility index (Phi) is 4.44. The number of hydrogen-bond donors (Lipinski definition) is 2. The van der Waals surface area contributed by atoms with Gasteiger partial charge < -0.3 is 5.11 Å². The molecule has 0 spiro atoms. The van der Waals surface area contributed by atoms with E-state index in [-0.39, 0.29) is 22.2 Å². The summed E-state index contributed by atoms with van der Waals surface area (Å²) in [7, 11) is -3.79. The number of aromatic nitrogens is 1. The Morgan fingerprint density at radius 2 is 2.05 bits per heavy atom. The first kappa shape index (κ1) is 15.3. The molecule has 0 fully saturated rings. The maximum Gasteiger partial charge on any atom is 0.307 e. The third-order valence-electron chi connectivity index (χ3n) is 2.55. The van der Waals surface area contributed by atoms with Crippen LogP contribution < -0.4 is 4.72 Å². The highest BCUT2D eigenvalue weighted by Crippen LogP contribution is 2.18. The summed E-state index contributed by atoms with van der Waals surface area (Å²) in [5, 5.41) is 8.93. The summed E-state index contributed by atoms with van der Waals surface area (Å²) < 4.78 is 26.6. The summed E-state index contributed by atoms with van der Waals surface area (Å²) in [6, 6.07) is 8.89. The van der Waals surface area contributed by atoms with Crippen LogP contribution in [0.1, 0.15) is 5.56 Å². The van der Waals surface area contributed by atoms with Crippen molar-refractivity contribution in [3.05, 3.63) is 53.3 Å². The molecule has 0 saturated carbocycles. The van der Waals surface area contributed by atoms with Crippen LogP contribution in [0.25, 0.3) is 0 Å². The van der Waals surface area contributed by atoms with Crippen LogP contribution in [0.2, 0.25) is 5.15 Å². The van der Waals surface area contributed by atoms with Gasteiger partial charge in [0.2, 0.25) is 0 Å². The zero-order chi connectivity index (χ0) is 15.5. The highest BCUT2D eigenvalue weighted by atomic mass is 35.5. The summed E-state index contributed by atoms with van der Waals surface area (Å²) in [6.45, 7) is 0. The minimum atomic E-state index is -3.79. The maximum atomic E-state index is 12.1. The topological polar surface area (TPSA) is 96.4 Å². The molecule has 0 radical (unpaired) electrons. The van der Waals surface area contributed by atoms with E-state index in [2.05, 4.69) is 9.71 Å². The molecule has 2 N–H and O–H groups in total. The first-order valence-electron chi connectivity index (χ1n) is 5.82. The molecule has 0 aliphatic rings. The minimum absolute atomic E-state index is 0.0319. The van der Waals surface area contributed by atoms with E-state index in [0.717, 1.165) is 6.20 Å². The summed E-state index contributed by atoms with van der Waals surface area (Å²) in [5.74, 6) is -0.989. The van der Waals surface area contributed by atoms with E-state index in [9.17, 15) is 13.2 Å². The lowest BCUT2D eigenvalue weighted by Gasteiger charge is -2.08. The summed E-state index contributed by atoms with van der Waals surface area (Å²) >= 11 is 5.61. The van der Waals surface area contributed by atoms with Crippen LogP contribution in [0.5, 0.6) is 0 Å². The standard InChI is InChI=1S/C13H11ClN2O4S/c14-12-5-4-11(8-15-12)21(19,20)16-10-3-1-2-9(6-10)7-13(17)18/h1-6,8,16H,7H2,(H,17,18). The third-order valence-corrected chi connectivity index (χ3v) is 4.14. The van der Waals surface area contributed by atoms with Crippen molar-refractivity contribution in [2.45, 2.75) is 11.3 Å². The van der Waals surface area contributed by atoms with E-state index in [4.69, 9.17) is 16.7 Å². The van der Waals surface area contributed by atoms with Gasteiger partial charge in [-0.3, -0.25) is 9.52 Å². The van der Waals surface area contributed by atoms with Crippen molar-refractivity contribution in [1.82, 2.24) is 4.98 Å². The van der Waals surface area contributed by atoms with Crippen LogP contribution in [-0.4, -0.2) is 24.5 Å². The second kappa shape index (κ2) is 6.11. The number of pyridine rings is 1. The van der Waals surface area contributed by atoms with Gasteiger partial charge in [0.05, 0.1) is 6.42 Å². The van der Waals surface area contributed by atoms with E-state index < -0.39 is 16.0 Å². The van der Waals surface area contributed by atoms with Crippen LogP contribution >= 0.6 is 11.6 Å². The van der Waals surface area contributed by atoms with Crippen LogP contribution in [0.15, 0.2) is 47.5 Å². The van der Waals surface area contributed by atoms with Gasteiger partial charge in [-0.05, 0) is 29.8 Å². The van der Waals surface area contributed by atoms with Gasteiger partial charge in [-0.1, -0.05) is 23.7 Å². The largest absolute Gasteiger partial charge is 0.481 e. The van der Waals surface area contributed by atoms with E-state index in [0.29, 0.717) is 5.56 Å². The number of nitrogens with zero attached hydrogens (tertiary/aromatic N) is 1. The van der Waals surface area contributed by atoms with Gasteiger partial charge in [-0.25, -0.2) is 13.4 Å². The number of halogens is 1. The number of hydrogen-bond acceptors (Lipinski definition) is 4. The predicted molar refractivity (Wildman–Crippen MR) is 77.8 cm³/mol. The highest BCUT2D eigenvalue weighted by molar-refractivity contribution is 7.92. The number of anilines is 1. The molecular weight excluding hydrogens is 316 g/mol. The van der Waals surface area contributed by atoms with Crippen molar-refractivity contribution in [1.29, 1.82) is 0 Å². The Balaban J connectivity index is 2.24. The molecule has 2 rings (SSSR count). The molecule has 0 bridgehead atoms. The molecule has 0 saturated heterocycles. The number of nitrogens with one attached hydrogen (secondary N) is 1. The molecule has 1 heterocycles. The van der Waals surface area contributed by atoms with Crippen molar-refractivity contribution in [3.63, 3.8) is 0 Å². The van der Waals surface area contributed by atoms with Crippen molar-refractivity contribution < 1.29 is 18.3 Å². The fraction of sp³-hybridized carbons (Fsp3) is 0.0769. The first-order valence-corrected chi connectivity index (χ1v) is 7.68. The lowest BCUT2D eigenvalue weighted by Crippen LogP contribution is -2.13. The predicted octanol–water partition coefficient (Wildman–Crippen LogP) is 2.16. The van der Waals surface area contributed by atoms with Crippen molar-refractivity contribution in [2.75, 3.05) is 4.72 Å². The quantitative estimate of drug-likeness (QED) is 0.821. The van der Waals surface area contributed by atoms with Crippen molar-refractivity contribution in [2.24, 2.45) is 0 Å². The summed E-state index contributed by atoms with van der Waals surface area (Å²) in [5.41, 5.74) is 0.778. The molecular formula is C13H11ClN2O4S. The molecule has 8 heteroatoms. The number of rotatable bonds is 5. The van der Waals surface area contributed by atoms with Gasteiger partial charge in [0, 0.05) is 11.9 Å². The van der Waals surface area contributed by atoms with E-state index in [1.54, 1.807) is 12.1 Å². The van der Waals surface area contributed by atoms with E-state index >= 15 is 0 Å². The Hall–Kier alpha value is -2.12. The zero-order valence-electron chi connectivity index (χ0n) is 10.7. The lowest BCUT2D eigenvalue weighted by atomic mass is 10.1. The molecule has 0 aliphatic heterocycles. The SMILES string of the molecule is O=C(O)Cc1cccc(NS(=O)(=O)c2ccc(Cl)nc2)c1. The smallest absolute Gasteiger partial charge is 0.307 e. The Morgan fingerprint density at radius 1 is 1.29 bits per heavy atom. The van der Waals surface area contributed by atoms with Gasteiger partial charge in [-0.2, -0.15) is 0 Å². The molecule has 6 nitrogen and oxygen atoms in total. The third kappa shape index (κ3) is 4.17. The summed E-state index contributed by atoms with van der Waals surface area (Å²) in [4.78, 5) is 14.3. The van der Waals surface area contributed by atoms with E-state index in [1.165, 1.54) is 24.3 Å². The van der Waals surface area contributed by atoms with Crippen LogP contribution in [0.3, 0.4) is 0 Å². The monoisotopic (exact) mass is 326 g/mol. The average Bonchev–Trinajstić information content (AvgIpc) is 2.38. The van der Waals surface area contributed by atoms with Gasteiger partial charge in [0.1, 0.15) is 10.0 Å². The van der Waals surface area contributed by atoms with Gasteiger partial charge in [-0.15, -0.1) is 0 Å².